The lowest BCUT2D eigenvalue weighted by Gasteiger charge is -2.19. The summed E-state index contributed by atoms with van der Waals surface area (Å²) in [7, 11) is 0. The van der Waals surface area contributed by atoms with Crippen molar-refractivity contribution in [3.63, 3.8) is 0 Å². The minimum atomic E-state index is -0.0220. The number of amides is 1. The fraction of sp³-hybridized carbons (Fsp3) is 0.353. The van der Waals surface area contributed by atoms with Gasteiger partial charge >= 0.3 is 0 Å². The third-order valence-corrected chi connectivity index (χ3v) is 3.60. The van der Waals surface area contributed by atoms with Crippen LogP contribution < -0.4 is 0 Å². The van der Waals surface area contributed by atoms with Crippen LogP contribution in [0.1, 0.15) is 17.5 Å². The maximum absolute atomic E-state index is 12.2. The van der Waals surface area contributed by atoms with Crippen LogP contribution in [0.25, 0.3) is 10.9 Å². The maximum Gasteiger partial charge on any atom is 0.223 e. The molecule has 0 fully saturated rings. The molecule has 1 aromatic carbocycles. The van der Waals surface area contributed by atoms with E-state index in [0.29, 0.717) is 25.9 Å². The number of H-pyrrole nitrogens is 1. The van der Waals surface area contributed by atoms with E-state index in [0.717, 1.165) is 11.1 Å². The number of aliphatic hydroxyl groups is 1. The summed E-state index contributed by atoms with van der Waals surface area (Å²) in [5.74, 6) is 0.0472. The Morgan fingerprint density at radius 2 is 2.29 bits per heavy atom. The molecule has 1 aromatic heterocycles. The van der Waals surface area contributed by atoms with Crippen molar-refractivity contribution in [2.24, 2.45) is 0 Å². The molecule has 2 N–H and O–H groups in total. The van der Waals surface area contributed by atoms with Gasteiger partial charge in [-0.2, -0.15) is 0 Å². The number of carbonyl (C=O) groups is 1. The molecular weight excluding hydrogens is 264 g/mol. The van der Waals surface area contributed by atoms with Crippen molar-refractivity contribution in [1.82, 2.24) is 9.88 Å². The highest BCUT2D eigenvalue weighted by Gasteiger charge is 2.13. The molecule has 4 nitrogen and oxygen atoms in total. The number of nitrogens with one attached hydrogen (secondary N) is 1. The number of benzene rings is 1. The van der Waals surface area contributed by atoms with Crippen LogP contribution in [0.15, 0.2) is 37.1 Å². The molecule has 1 amide bonds. The molecule has 2 aromatic rings. The van der Waals surface area contributed by atoms with E-state index in [1.807, 2.05) is 6.20 Å². The Morgan fingerprint density at radius 1 is 1.48 bits per heavy atom. The van der Waals surface area contributed by atoms with Gasteiger partial charge in [0.15, 0.2) is 0 Å². The fourth-order valence-corrected chi connectivity index (χ4v) is 2.49. The molecule has 0 spiro atoms. The summed E-state index contributed by atoms with van der Waals surface area (Å²) in [5, 5.41) is 10.2. The SMILES string of the molecule is C=CCN(CCO)C(=O)CCc1c[nH]c2ccc(C)cc12. The molecule has 2 rings (SSSR count). The van der Waals surface area contributed by atoms with Crippen LogP contribution in [-0.2, 0) is 11.2 Å². The first-order valence-electron chi connectivity index (χ1n) is 7.22. The van der Waals surface area contributed by atoms with E-state index in [1.165, 1.54) is 10.9 Å². The summed E-state index contributed by atoms with van der Waals surface area (Å²) in [4.78, 5) is 17.0. The Labute approximate surface area is 125 Å². The molecule has 0 atom stereocenters. The van der Waals surface area contributed by atoms with Gasteiger partial charge in [0.1, 0.15) is 0 Å². The molecule has 0 aliphatic rings. The fourth-order valence-electron chi connectivity index (χ4n) is 2.49. The molecule has 0 saturated carbocycles. The quantitative estimate of drug-likeness (QED) is 0.768. The molecule has 0 bridgehead atoms. The van der Waals surface area contributed by atoms with Gasteiger partial charge in [0.2, 0.25) is 5.91 Å². The van der Waals surface area contributed by atoms with Crippen molar-refractivity contribution in [3.8, 4) is 0 Å². The number of aliphatic hydroxyl groups excluding tert-OH is 1. The molecule has 1 heterocycles. The summed E-state index contributed by atoms with van der Waals surface area (Å²) < 4.78 is 0. The first-order valence-corrected chi connectivity index (χ1v) is 7.22. The molecule has 0 unspecified atom stereocenters. The zero-order valence-corrected chi connectivity index (χ0v) is 12.4. The maximum atomic E-state index is 12.2. The second-order valence-corrected chi connectivity index (χ2v) is 5.21. The van der Waals surface area contributed by atoms with Gasteiger partial charge < -0.3 is 15.0 Å². The molecule has 0 radical (unpaired) electrons. The third kappa shape index (κ3) is 3.73. The van der Waals surface area contributed by atoms with E-state index < -0.39 is 0 Å². The van der Waals surface area contributed by atoms with Crippen LogP contribution in [-0.4, -0.2) is 40.6 Å². The molecule has 4 heteroatoms. The summed E-state index contributed by atoms with van der Waals surface area (Å²) in [6, 6.07) is 6.27. The van der Waals surface area contributed by atoms with Crippen LogP contribution >= 0.6 is 0 Å². The van der Waals surface area contributed by atoms with Crippen LogP contribution in [0, 0.1) is 6.92 Å². The first kappa shape index (κ1) is 15.3. The standard InChI is InChI=1S/C17H22N2O2/c1-3-8-19(9-10-20)17(21)7-5-14-12-18-16-6-4-13(2)11-15(14)16/h3-4,6,11-12,18,20H,1,5,7-10H2,2H3. The highest BCUT2D eigenvalue weighted by molar-refractivity contribution is 5.85. The third-order valence-electron chi connectivity index (χ3n) is 3.60. The average molecular weight is 286 g/mol. The van der Waals surface area contributed by atoms with E-state index >= 15 is 0 Å². The molecule has 21 heavy (non-hydrogen) atoms. The van der Waals surface area contributed by atoms with E-state index in [1.54, 1.807) is 11.0 Å². The van der Waals surface area contributed by atoms with Gasteiger partial charge in [-0.15, -0.1) is 6.58 Å². The Balaban J connectivity index is 2.05. The number of rotatable bonds is 7. The van der Waals surface area contributed by atoms with E-state index in [9.17, 15) is 4.79 Å². The van der Waals surface area contributed by atoms with Crippen molar-refractivity contribution in [2.75, 3.05) is 19.7 Å². The van der Waals surface area contributed by atoms with Crippen LogP contribution in [0.4, 0.5) is 0 Å². The second-order valence-electron chi connectivity index (χ2n) is 5.21. The zero-order valence-electron chi connectivity index (χ0n) is 12.4. The smallest absolute Gasteiger partial charge is 0.223 e. The summed E-state index contributed by atoms with van der Waals surface area (Å²) in [6.45, 7) is 6.52. The molecule has 0 saturated heterocycles. The van der Waals surface area contributed by atoms with Crippen LogP contribution in [0.3, 0.4) is 0 Å². The Hall–Kier alpha value is -2.07. The van der Waals surface area contributed by atoms with Gasteiger partial charge in [-0.3, -0.25) is 4.79 Å². The normalized spacial score (nSPS) is 10.8. The number of fused-ring (bicyclic) bond motifs is 1. The number of nitrogens with zero attached hydrogens (tertiary/aromatic N) is 1. The highest BCUT2D eigenvalue weighted by atomic mass is 16.3. The predicted octanol–water partition coefficient (Wildman–Crippen LogP) is 2.42. The Bertz CT molecular complexity index is 631. The molecule has 0 aliphatic heterocycles. The van der Waals surface area contributed by atoms with Crippen molar-refractivity contribution < 1.29 is 9.90 Å². The molecule has 112 valence electrons. The highest BCUT2D eigenvalue weighted by Crippen LogP contribution is 2.21. The number of aryl methyl sites for hydroxylation is 2. The van der Waals surface area contributed by atoms with E-state index in [-0.39, 0.29) is 12.5 Å². The van der Waals surface area contributed by atoms with Gasteiger partial charge in [-0.1, -0.05) is 17.7 Å². The average Bonchev–Trinajstić information content (AvgIpc) is 2.87. The molecular formula is C17H22N2O2. The van der Waals surface area contributed by atoms with Gasteiger partial charge in [0.05, 0.1) is 6.61 Å². The number of carbonyl (C=O) groups excluding carboxylic acids is 1. The lowest BCUT2D eigenvalue weighted by atomic mass is 10.1. The lowest BCUT2D eigenvalue weighted by molar-refractivity contribution is -0.131. The largest absolute Gasteiger partial charge is 0.395 e. The Morgan fingerprint density at radius 3 is 3.00 bits per heavy atom. The number of hydrogen-bond acceptors (Lipinski definition) is 2. The van der Waals surface area contributed by atoms with Gasteiger partial charge in [-0.05, 0) is 31.0 Å². The van der Waals surface area contributed by atoms with Gasteiger partial charge in [-0.25, -0.2) is 0 Å². The summed E-state index contributed by atoms with van der Waals surface area (Å²) >= 11 is 0. The minimum Gasteiger partial charge on any atom is -0.395 e. The van der Waals surface area contributed by atoms with Gasteiger partial charge in [0, 0.05) is 36.6 Å². The molecule has 0 aliphatic carbocycles. The van der Waals surface area contributed by atoms with Crippen LogP contribution in [0.2, 0.25) is 0 Å². The Kier molecular flexibility index (Phi) is 5.17. The summed E-state index contributed by atoms with van der Waals surface area (Å²) in [5.41, 5.74) is 3.47. The van der Waals surface area contributed by atoms with Crippen molar-refractivity contribution >= 4 is 16.8 Å². The second kappa shape index (κ2) is 7.09. The van der Waals surface area contributed by atoms with Crippen LogP contribution in [0.5, 0.6) is 0 Å². The first-order chi connectivity index (χ1) is 10.2. The lowest BCUT2D eigenvalue weighted by Crippen LogP contribution is -2.33. The minimum absolute atomic E-state index is 0.0220. The number of aromatic amines is 1. The number of hydrogen-bond donors (Lipinski definition) is 2. The van der Waals surface area contributed by atoms with Crippen molar-refractivity contribution in [3.05, 3.63) is 48.2 Å². The summed E-state index contributed by atoms with van der Waals surface area (Å²) in [6.07, 6.45) is 4.79. The van der Waals surface area contributed by atoms with E-state index in [2.05, 4.69) is 36.7 Å². The predicted molar refractivity (Wildman–Crippen MR) is 85.2 cm³/mol. The number of aromatic nitrogens is 1. The monoisotopic (exact) mass is 286 g/mol. The van der Waals surface area contributed by atoms with Crippen molar-refractivity contribution in [2.45, 2.75) is 19.8 Å². The van der Waals surface area contributed by atoms with Crippen molar-refractivity contribution in [1.29, 1.82) is 0 Å². The zero-order chi connectivity index (χ0) is 15.2. The topological polar surface area (TPSA) is 56.3 Å². The van der Waals surface area contributed by atoms with Gasteiger partial charge in [0.25, 0.3) is 0 Å². The van der Waals surface area contributed by atoms with E-state index in [4.69, 9.17) is 5.11 Å².